The predicted octanol–water partition coefficient (Wildman–Crippen LogP) is 3.81. The fourth-order valence-electron chi connectivity index (χ4n) is 2.45. The molecule has 0 spiro atoms. The zero-order valence-corrected chi connectivity index (χ0v) is 11.2. The number of hydrogen-bond acceptors (Lipinski definition) is 2. The molecule has 1 aliphatic rings. The molecule has 2 nitrogen and oxygen atoms in total. The first-order chi connectivity index (χ1) is 9.16. The summed E-state index contributed by atoms with van der Waals surface area (Å²) in [6.45, 7) is 2.24. The van der Waals surface area contributed by atoms with Crippen LogP contribution in [0.2, 0.25) is 0 Å². The molecule has 1 saturated carbocycles. The lowest BCUT2D eigenvalue weighted by Gasteiger charge is -2.32. The second-order valence-corrected chi connectivity index (χ2v) is 4.94. The van der Waals surface area contributed by atoms with Gasteiger partial charge in [0.15, 0.2) is 0 Å². The summed E-state index contributed by atoms with van der Waals surface area (Å²) in [7, 11) is 0. The van der Waals surface area contributed by atoms with E-state index in [-0.39, 0.29) is 6.42 Å². The summed E-state index contributed by atoms with van der Waals surface area (Å²) >= 11 is 0. The van der Waals surface area contributed by atoms with Crippen LogP contribution >= 0.6 is 0 Å². The van der Waals surface area contributed by atoms with Gasteiger partial charge in [-0.3, -0.25) is 0 Å². The first-order valence-electron chi connectivity index (χ1n) is 6.68. The molecule has 0 aromatic rings. The maximum Gasteiger partial charge on any atom is 0.423 e. The van der Waals surface area contributed by atoms with Crippen LogP contribution in [0.1, 0.15) is 39.0 Å². The Morgan fingerprint density at radius 2 is 1.55 bits per heavy atom. The van der Waals surface area contributed by atoms with Crippen LogP contribution in [0.5, 0.6) is 0 Å². The monoisotopic (exact) mass is 307 g/mol. The van der Waals surface area contributed by atoms with Crippen molar-refractivity contribution in [1.82, 2.24) is 5.32 Å². The van der Waals surface area contributed by atoms with Crippen LogP contribution in [-0.4, -0.2) is 37.1 Å². The van der Waals surface area contributed by atoms with Gasteiger partial charge in [-0.15, -0.1) is 0 Å². The Morgan fingerprint density at radius 3 is 2.05 bits per heavy atom. The van der Waals surface area contributed by atoms with E-state index in [2.05, 4.69) is 10.1 Å². The average Bonchev–Trinajstić information content (AvgIpc) is 2.49. The third-order valence-electron chi connectivity index (χ3n) is 3.32. The molecule has 0 radical (unpaired) electrons. The fourth-order valence-corrected chi connectivity index (χ4v) is 2.45. The highest BCUT2D eigenvalue weighted by Crippen LogP contribution is 2.38. The minimum absolute atomic E-state index is 0.209. The first-order valence-corrected chi connectivity index (χ1v) is 6.68. The van der Waals surface area contributed by atoms with E-state index in [4.69, 9.17) is 0 Å². The van der Waals surface area contributed by atoms with E-state index in [1.165, 1.54) is 0 Å². The third kappa shape index (κ3) is 5.12. The molecule has 20 heavy (non-hydrogen) atoms. The van der Waals surface area contributed by atoms with Crippen LogP contribution in [0.15, 0.2) is 0 Å². The molecular formula is C12H19F6NO. The first kappa shape index (κ1) is 17.6. The van der Waals surface area contributed by atoms with Crippen molar-refractivity contribution in [3.05, 3.63) is 0 Å². The van der Waals surface area contributed by atoms with E-state index in [0.29, 0.717) is 19.4 Å². The molecule has 0 aliphatic heterocycles. The normalized spacial score (nSPS) is 25.8. The molecule has 1 fully saturated rings. The van der Waals surface area contributed by atoms with Crippen LogP contribution in [0.3, 0.4) is 0 Å². The molecule has 120 valence electrons. The minimum Gasteiger partial charge on any atom is -0.356 e. The summed E-state index contributed by atoms with van der Waals surface area (Å²) in [6, 6.07) is -0.463. The van der Waals surface area contributed by atoms with Crippen molar-refractivity contribution in [3.8, 4) is 0 Å². The summed E-state index contributed by atoms with van der Waals surface area (Å²) in [5.74, 6) is 0. The Bertz CT molecular complexity index is 277. The van der Waals surface area contributed by atoms with Gasteiger partial charge in [0, 0.05) is 6.04 Å². The standard InChI is InChI=1S/C12H19F6NO/c1-2-19-8-6-4-3-5-7-9(8)20-10(11(13,14)15)12(16,17)18/h8-10,19H,2-7H2,1H3. The maximum absolute atomic E-state index is 12.5. The zero-order valence-electron chi connectivity index (χ0n) is 11.2. The van der Waals surface area contributed by atoms with Crippen molar-refractivity contribution >= 4 is 0 Å². The molecule has 0 aromatic carbocycles. The summed E-state index contributed by atoms with van der Waals surface area (Å²) < 4.78 is 79.6. The molecule has 1 N–H and O–H groups in total. The number of ether oxygens (including phenoxy) is 1. The van der Waals surface area contributed by atoms with Crippen LogP contribution in [0.4, 0.5) is 26.3 Å². The van der Waals surface area contributed by atoms with Crippen LogP contribution in [-0.2, 0) is 4.74 Å². The second-order valence-electron chi connectivity index (χ2n) is 4.94. The van der Waals surface area contributed by atoms with E-state index in [0.717, 1.165) is 12.8 Å². The molecule has 1 aliphatic carbocycles. The molecule has 0 saturated heterocycles. The van der Waals surface area contributed by atoms with Gasteiger partial charge < -0.3 is 10.1 Å². The van der Waals surface area contributed by atoms with E-state index in [1.807, 2.05) is 0 Å². The maximum atomic E-state index is 12.5. The molecule has 0 amide bonds. The minimum atomic E-state index is -5.44. The van der Waals surface area contributed by atoms with Crippen molar-refractivity contribution < 1.29 is 31.1 Å². The van der Waals surface area contributed by atoms with E-state index in [1.54, 1.807) is 6.92 Å². The van der Waals surface area contributed by atoms with Gasteiger partial charge >= 0.3 is 12.4 Å². The second kappa shape index (κ2) is 6.98. The Hall–Kier alpha value is -0.500. The number of alkyl halides is 6. The lowest BCUT2D eigenvalue weighted by atomic mass is 10.1. The smallest absolute Gasteiger partial charge is 0.356 e. The lowest BCUT2D eigenvalue weighted by Crippen LogP contribution is -2.50. The highest BCUT2D eigenvalue weighted by molar-refractivity contribution is 4.85. The van der Waals surface area contributed by atoms with Crippen LogP contribution in [0.25, 0.3) is 0 Å². The number of hydrogen-bond donors (Lipinski definition) is 1. The molecule has 2 unspecified atom stereocenters. The quantitative estimate of drug-likeness (QED) is 0.630. The van der Waals surface area contributed by atoms with Crippen molar-refractivity contribution in [3.63, 3.8) is 0 Å². The third-order valence-corrected chi connectivity index (χ3v) is 3.32. The van der Waals surface area contributed by atoms with Gasteiger partial charge in [-0.1, -0.05) is 26.2 Å². The summed E-state index contributed by atoms with van der Waals surface area (Å²) in [6.07, 6.45) is -12.8. The summed E-state index contributed by atoms with van der Waals surface area (Å²) in [4.78, 5) is 0. The van der Waals surface area contributed by atoms with Crippen LogP contribution < -0.4 is 5.32 Å². The van der Waals surface area contributed by atoms with Gasteiger partial charge in [-0.2, -0.15) is 26.3 Å². The van der Waals surface area contributed by atoms with Crippen LogP contribution in [0, 0.1) is 0 Å². The zero-order chi connectivity index (χ0) is 15.4. The molecule has 2 atom stereocenters. The van der Waals surface area contributed by atoms with Crippen molar-refractivity contribution in [1.29, 1.82) is 0 Å². The predicted molar refractivity (Wildman–Crippen MR) is 61.3 cm³/mol. The van der Waals surface area contributed by atoms with Gasteiger partial charge in [-0.25, -0.2) is 0 Å². The van der Waals surface area contributed by atoms with E-state index in [9.17, 15) is 26.3 Å². The van der Waals surface area contributed by atoms with Gasteiger partial charge in [-0.05, 0) is 19.4 Å². The number of halogens is 6. The fraction of sp³-hybridized carbons (Fsp3) is 1.00. The van der Waals surface area contributed by atoms with Gasteiger partial charge in [0.25, 0.3) is 0 Å². The van der Waals surface area contributed by atoms with Gasteiger partial charge in [0.2, 0.25) is 6.10 Å². The number of nitrogens with one attached hydrogen (secondary N) is 1. The van der Waals surface area contributed by atoms with E-state index < -0.39 is 30.6 Å². The summed E-state index contributed by atoms with van der Waals surface area (Å²) in [5.41, 5.74) is 0. The van der Waals surface area contributed by atoms with Crippen molar-refractivity contribution in [2.24, 2.45) is 0 Å². The average molecular weight is 307 g/mol. The van der Waals surface area contributed by atoms with Gasteiger partial charge in [0.1, 0.15) is 0 Å². The topological polar surface area (TPSA) is 21.3 Å². The molecular weight excluding hydrogens is 288 g/mol. The Labute approximate surface area is 113 Å². The number of likely N-dealkylation sites (N-methyl/N-ethyl adjacent to an activating group) is 1. The lowest BCUT2D eigenvalue weighted by molar-refractivity contribution is -0.332. The highest BCUT2D eigenvalue weighted by Gasteiger charge is 2.59. The molecule has 8 heteroatoms. The van der Waals surface area contributed by atoms with Crippen molar-refractivity contribution in [2.45, 2.75) is 69.6 Å². The molecule has 0 aromatic heterocycles. The Balaban J connectivity index is 2.83. The van der Waals surface area contributed by atoms with E-state index >= 15 is 0 Å². The Kier molecular flexibility index (Phi) is 6.12. The molecule has 0 bridgehead atoms. The molecule has 0 heterocycles. The largest absolute Gasteiger partial charge is 0.423 e. The van der Waals surface area contributed by atoms with Crippen molar-refractivity contribution in [2.75, 3.05) is 6.54 Å². The van der Waals surface area contributed by atoms with Gasteiger partial charge in [0.05, 0.1) is 6.10 Å². The summed E-state index contributed by atoms with van der Waals surface area (Å²) in [5, 5.41) is 2.92. The number of rotatable bonds is 4. The highest BCUT2D eigenvalue weighted by atomic mass is 19.4. The Morgan fingerprint density at radius 1 is 1.00 bits per heavy atom. The SMILES string of the molecule is CCNC1CCCCCC1OC(C(F)(F)F)C(F)(F)F. The molecule has 1 rings (SSSR count).